The van der Waals surface area contributed by atoms with Gasteiger partial charge in [0.15, 0.2) is 0 Å². The fourth-order valence-corrected chi connectivity index (χ4v) is 12.9. The summed E-state index contributed by atoms with van der Waals surface area (Å²) in [4.78, 5) is 84.7. The van der Waals surface area contributed by atoms with Crippen molar-refractivity contribution < 1.29 is 19.2 Å². The van der Waals surface area contributed by atoms with E-state index in [1.165, 1.54) is 0 Å². The Hall–Kier alpha value is -10.2. The molecule has 15 rings (SSSR count). The molecular weight excluding hydrogens is 1100 g/mol. The fourth-order valence-electron chi connectivity index (χ4n) is 12.9. The van der Waals surface area contributed by atoms with Crippen molar-refractivity contribution in [1.82, 2.24) is 39.0 Å². The van der Waals surface area contributed by atoms with Crippen molar-refractivity contribution in [3.05, 3.63) is 182 Å². The monoisotopic (exact) mass is 1170 g/mol. The summed E-state index contributed by atoms with van der Waals surface area (Å²) in [5.41, 5.74) is 13.9. The summed E-state index contributed by atoms with van der Waals surface area (Å²) in [6.45, 7) is 0. The van der Waals surface area contributed by atoms with Crippen LogP contribution in [0, 0.1) is 0 Å². The van der Waals surface area contributed by atoms with Crippen molar-refractivity contribution in [2.45, 2.75) is 115 Å². The molecule has 0 unspecified atom stereocenters. The third-order valence-electron chi connectivity index (χ3n) is 17.3. The number of aromatic amines is 2. The molecule has 6 aliphatic heterocycles. The van der Waals surface area contributed by atoms with Crippen LogP contribution in [-0.4, -0.2) is 62.7 Å². The number of anilines is 4. The highest BCUT2D eigenvalue weighted by molar-refractivity contribution is 6.07. The number of fused-ring (bicyclic) bond motifs is 24. The molecule has 16 nitrogen and oxygen atoms in total. The molecule has 4 amide bonds. The molecule has 0 spiro atoms. The number of benzene rings is 4. The van der Waals surface area contributed by atoms with Gasteiger partial charge in [0.1, 0.15) is 0 Å². The first kappa shape index (κ1) is 56.9. The van der Waals surface area contributed by atoms with E-state index in [4.69, 9.17) is 9.97 Å². The van der Waals surface area contributed by atoms with Gasteiger partial charge in [0.2, 0.25) is 23.6 Å². The van der Waals surface area contributed by atoms with E-state index in [0.717, 1.165) is 118 Å². The molecule has 4 aromatic carbocycles. The first-order valence-corrected chi connectivity index (χ1v) is 31.0. The first-order chi connectivity index (χ1) is 43.3. The van der Waals surface area contributed by atoms with Gasteiger partial charge >= 0.3 is 0 Å². The van der Waals surface area contributed by atoms with Crippen molar-refractivity contribution in [1.29, 1.82) is 0 Å². The molecule has 0 saturated heterocycles. The van der Waals surface area contributed by atoms with E-state index in [9.17, 15) is 19.2 Å². The number of aromatic nitrogens is 8. The lowest BCUT2D eigenvalue weighted by atomic mass is 10.00. The number of imidazole rings is 2. The van der Waals surface area contributed by atoms with Crippen molar-refractivity contribution in [2.24, 2.45) is 0 Å². The van der Waals surface area contributed by atoms with Crippen molar-refractivity contribution in [3.63, 3.8) is 0 Å². The Morgan fingerprint density at radius 3 is 0.875 bits per heavy atom. The zero-order valence-corrected chi connectivity index (χ0v) is 49.1. The topological polar surface area (TPSA) is 209 Å². The summed E-state index contributed by atoms with van der Waals surface area (Å²) in [6, 6.07) is 39.9. The number of rotatable bonds is 2. The summed E-state index contributed by atoms with van der Waals surface area (Å²) >= 11 is 0. The quantitative estimate of drug-likeness (QED) is 0.0978. The lowest BCUT2D eigenvalue weighted by Gasteiger charge is -2.19. The van der Waals surface area contributed by atoms with Crippen LogP contribution in [0.1, 0.15) is 138 Å². The second kappa shape index (κ2) is 26.2. The van der Waals surface area contributed by atoms with Crippen molar-refractivity contribution >= 4 is 92.7 Å². The number of H-pyrrole nitrogens is 2. The van der Waals surface area contributed by atoms with Crippen molar-refractivity contribution in [2.75, 3.05) is 21.3 Å². The van der Waals surface area contributed by atoms with Gasteiger partial charge in [-0.25, -0.2) is 19.9 Å². The van der Waals surface area contributed by atoms with Crippen LogP contribution in [0.4, 0.5) is 22.7 Å². The van der Waals surface area contributed by atoms with E-state index >= 15 is 0 Å². The van der Waals surface area contributed by atoms with E-state index in [1.54, 1.807) is 12.4 Å². The van der Waals surface area contributed by atoms with Gasteiger partial charge in [0.25, 0.3) is 0 Å². The van der Waals surface area contributed by atoms with Crippen LogP contribution >= 0.6 is 0 Å². The smallest absolute Gasteiger partial charge is 0.224 e. The third-order valence-corrected chi connectivity index (χ3v) is 17.3. The van der Waals surface area contributed by atoms with Gasteiger partial charge in [-0.1, -0.05) is 98.5 Å². The third kappa shape index (κ3) is 12.5. The number of nitrogens with zero attached hydrogens (tertiary/aromatic N) is 6. The van der Waals surface area contributed by atoms with Crippen LogP contribution in [0.3, 0.4) is 0 Å². The number of carbonyl (C=O) groups is 4. The zero-order valence-electron chi connectivity index (χ0n) is 49.1. The summed E-state index contributed by atoms with van der Waals surface area (Å²) in [5, 5.41) is 13.3. The normalized spacial score (nSPS) is 16.2. The average molecular weight is 1170 g/mol. The number of amides is 4. The lowest BCUT2D eigenvalue weighted by molar-refractivity contribution is -0.117. The van der Waals surface area contributed by atoms with E-state index in [1.807, 2.05) is 171 Å². The molecule has 88 heavy (non-hydrogen) atoms. The molecule has 0 saturated carbocycles. The number of hydrogen-bond acceptors (Lipinski definition) is 8. The van der Waals surface area contributed by atoms with Gasteiger partial charge in [-0.05, 0) is 124 Å². The average Bonchev–Trinajstić information content (AvgIpc) is 2.02. The Kier molecular flexibility index (Phi) is 16.9. The second-order valence-corrected chi connectivity index (χ2v) is 23.2. The number of hydrogen-bond donors (Lipinski definition) is 6. The summed E-state index contributed by atoms with van der Waals surface area (Å²) < 4.78 is 4.30. The number of nitrogens with one attached hydrogen (secondary N) is 6. The number of para-hydroxylation sites is 4. The molecule has 6 aliphatic rings. The van der Waals surface area contributed by atoms with Crippen LogP contribution in [0.2, 0.25) is 0 Å². The molecule has 12 bridgehead atoms. The number of carbonyl (C=O) groups excluding carboxylic acids is 4. The molecular formula is C72H70N12O4. The van der Waals surface area contributed by atoms with Crippen LogP contribution in [-0.2, 0) is 19.2 Å². The summed E-state index contributed by atoms with van der Waals surface area (Å²) in [7, 11) is 0. The highest BCUT2D eigenvalue weighted by Gasteiger charge is 2.25. The molecule has 0 fully saturated rings. The summed E-state index contributed by atoms with van der Waals surface area (Å²) in [5.74, 6) is -0.411. The molecule has 16 heteroatoms. The Morgan fingerprint density at radius 1 is 0.341 bits per heavy atom. The molecule has 442 valence electrons. The van der Waals surface area contributed by atoms with Crippen LogP contribution in [0.5, 0.6) is 0 Å². The molecule has 9 aromatic rings. The lowest BCUT2D eigenvalue weighted by Crippen LogP contribution is -2.13. The van der Waals surface area contributed by atoms with Gasteiger partial charge < -0.3 is 40.4 Å². The van der Waals surface area contributed by atoms with Gasteiger partial charge in [-0.3, -0.25) is 19.2 Å². The molecule has 5 aromatic heterocycles. The molecule has 0 aliphatic carbocycles. The Balaban J connectivity index is 1.07. The van der Waals surface area contributed by atoms with Gasteiger partial charge in [-0.15, -0.1) is 0 Å². The maximum atomic E-state index is 14.3. The van der Waals surface area contributed by atoms with Gasteiger partial charge in [0, 0.05) is 152 Å². The van der Waals surface area contributed by atoms with E-state index in [-0.39, 0.29) is 35.7 Å². The minimum Gasteiger partial charge on any atom is -0.354 e. The molecule has 0 atom stereocenters. The maximum Gasteiger partial charge on any atom is 0.224 e. The summed E-state index contributed by atoms with van der Waals surface area (Å²) in [6.07, 6.45) is 30.0. The second-order valence-electron chi connectivity index (χ2n) is 23.2. The highest BCUT2D eigenvalue weighted by Crippen LogP contribution is 2.43. The van der Waals surface area contributed by atoms with Crippen LogP contribution in [0.25, 0.3) is 90.9 Å². The Bertz CT molecular complexity index is 3800. The van der Waals surface area contributed by atoms with Crippen molar-refractivity contribution in [3.8, 4) is 44.5 Å². The molecule has 6 N–H and O–H groups in total. The Morgan fingerprint density at radius 2 is 0.614 bits per heavy atom. The largest absolute Gasteiger partial charge is 0.354 e. The fraction of sp³-hybridized carbons (Fsp3) is 0.250. The maximum absolute atomic E-state index is 14.3. The molecule has 11 heterocycles. The van der Waals surface area contributed by atoms with Gasteiger partial charge in [-0.2, -0.15) is 0 Å². The minimum atomic E-state index is -0.103. The van der Waals surface area contributed by atoms with Crippen LogP contribution < -0.4 is 21.3 Å². The Labute approximate surface area is 510 Å². The highest BCUT2D eigenvalue weighted by atomic mass is 16.2. The van der Waals surface area contributed by atoms with E-state index in [0.29, 0.717) is 96.9 Å². The predicted molar refractivity (Wildman–Crippen MR) is 352 cm³/mol. The zero-order chi connectivity index (χ0) is 59.8. The van der Waals surface area contributed by atoms with E-state index in [2.05, 4.69) is 50.3 Å². The van der Waals surface area contributed by atoms with E-state index < -0.39 is 0 Å². The predicted octanol–water partition coefficient (Wildman–Crippen LogP) is 16.2. The minimum absolute atomic E-state index is 0.103. The van der Waals surface area contributed by atoms with Crippen LogP contribution in [0.15, 0.2) is 159 Å². The first-order valence-electron chi connectivity index (χ1n) is 31.0. The molecule has 0 radical (unpaired) electrons. The SMILES string of the molecule is O=C1CCCCC(n2ccnc2)CCCCC(=O)Nc2ccccc2-c2c3nc(c4c5ccc([nH]5)c(c5nc(c(c6ccc2[nH]6)-c2ccccc2NC(=O)CCCCC(n2ccnc2)CCCCC(=O)Nc2ccccc2-4)C=C5)-c2ccccc2N1)C=C3. The van der Waals surface area contributed by atoms with Gasteiger partial charge in [0.05, 0.1) is 35.4 Å². The standard InChI is InChI=1S/C72H70N12O4/c85-65-29-13-1-17-47(83-43-41-73-45-83)18-2-14-30-66(86)80-54-26-10-6-22-50(54)70-61-37-39-63(77-61)71-51-23-7-11-27-55(51)81-67(87)31-15-3-19-48(84-44-42-74-46-84)20-4-16-32-68(88)82-56-28-12-8-24-52(56)72(64-40-38-62(70)78-64)60-36-34-58(76-60)69(57-33-35-59(71)75-57)49-21-5-9-25-53(49)79-65/h5-12,21-28,33-48,75,78H,1-4,13-20,29-32H2,(H,79,85)(H,80,86)(H,81,87)(H,82,88).